The Bertz CT molecular complexity index is 327. The molecule has 0 saturated heterocycles. The van der Waals surface area contributed by atoms with E-state index in [1.54, 1.807) is 6.92 Å². The van der Waals surface area contributed by atoms with Gasteiger partial charge in [-0.25, -0.2) is 9.59 Å². The molecule has 0 amide bonds. The number of dihydropyridines is 1. The van der Waals surface area contributed by atoms with Crippen LogP contribution in [0, 0.1) is 0 Å². The Hall–Kier alpha value is -1.78. The molecule has 0 saturated carbocycles. The molecule has 0 aromatic carbocycles. The topological polar surface area (TPSA) is 86.6 Å². The molecule has 1 rings (SSSR count). The van der Waals surface area contributed by atoms with Crippen molar-refractivity contribution in [1.29, 1.82) is 0 Å². The maximum absolute atomic E-state index is 10.6. The van der Waals surface area contributed by atoms with Crippen LogP contribution < -0.4 is 5.32 Å². The van der Waals surface area contributed by atoms with Gasteiger partial charge < -0.3 is 15.5 Å². The first-order chi connectivity index (χ1) is 6.02. The monoisotopic (exact) mass is 183 g/mol. The number of rotatable bonds is 2. The second-order valence-electron chi connectivity index (χ2n) is 2.78. The highest BCUT2D eigenvalue weighted by Crippen LogP contribution is 2.18. The van der Waals surface area contributed by atoms with Crippen LogP contribution in [0.4, 0.5) is 0 Å². The first-order valence-electron chi connectivity index (χ1n) is 3.64. The van der Waals surface area contributed by atoms with Gasteiger partial charge in [-0.05, 0) is 6.92 Å². The molecule has 0 spiro atoms. The zero-order valence-corrected chi connectivity index (χ0v) is 7.00. The molecule has 5 heteroatoms. The van der Waals surface area contributed by atoms with Crippen LogP contribution in [0.25, 0.3) is 0 Å². The second kappa shape index (κ2) is 3.30. The lowest BCUT2D eigenvalue weighted by Gasteiger charge is -2.14. The molecular weight excluding hydrogens is 174 g/mol. The van der Waals surface area contributed by atoms with Crippen molar-refractivity contribution in [3.63, 3.8) is 0 Å². The van der Waals surface area contributed by atoms with E-state index in [4.69, 9.17) is 10.2 Å². The Labute approximate surface area is 74.4 Å². The Morgan fingerprint density at radius 2 is 2.00 bits per heavy atom. The maximum Gasteiger partial charge on any atom is 0.352 e. The number of allylic oxidation sites excluding steroid dienone is 1. The van der Waals surface area contributed by atoms with E-state index in [1.807, 2.05) is 0 Å². The third-order valence-corrected chi connectivity index (χ3v) is 1.69. The zero-order chi connectivity index (χ0) is 10.0. The van der Waals surface area contributed by atoms with Crippen molar-refractivity contribution in [1.82, 2.24) is 5.32 Å². The van der Waals surface area contributed by atoms with Crippen LogP contribution in [0.3, 0.4) is 0 Å². The summed E-state index contributed by atoms with van der Waals surface area (Å²) in [6.45, 7) is 1.73. The van der Waals surface area contributed by atoms with Gasteiger partial charge >= 0.3 is 11.9 Å². The Balaban J connectivity index is 3.04. The van der Waals surface area contributed by atoms with Gasteiger partial charge in [-0.1, -0.05) is 5.57 Å². The van der Waals surface area contributed by atoms with E-state index in [9.17, 15) is 9.59 Å². The molecule has 0 aliphatic carbocycles. The van der Waals surface area contributed by atoms with Gasteiger partial charge in [-0.15, -0.1) is 0 Å². The summed E-state index contributed by atoms with van der Waals surface area (Å²) in [5.74, 6) is -2.45. The van der Waals surface area contributed by atoms with E-state index in [1.165, 1.54) is 6.20 Å². The van der Waals surface area contributed by atoms with E-state index in [0.29, 0.717) is 0 Å². The van der Waals surface area contributed by atoms with Crippen LogP contribution in [0.15, 0.2) is 23.0 Å². The third-order valence-electron chi connectivity index (χ3n) is 1.69. The van der Waals surface area contributed by atoms with Crippen molar-refractivity contribution in [3.8, 4) is 0 Å². The van der Waals surface area contributed by atoms with Gasteiger partial charge in [0.2, 0.25) is 0 Å². The van der Waals surface area contributed by atoms with Crippen LogP contribution in [0.2, 0.25) is 0 Å². The van der Waals surface area contributed by atoms with Crippen LogP contribution in [0.1, 0.15) is 13.3 Å². The minimum Gasteiger partial charge on any atom is -0.478 e. The summed E-state index contributed by atoms with van der Waals surface area (Å²) in [6, 6.07) is 0. The van der Waals surface area contributed by atoms with Crippen molar-refractivity contribution < 1.29 is 19.8 Å². The average Bonchev–Trinajstić information content (AvgIpc) is 2.03. The Kier molecular flexibility index (Phi) is 2.36. The van der Waals surface area contributed by atoms with E-state index in [2.05, 4.69) is 5.32 Å². The van der Waals surface area contributed by atoms with Gasteiger partial charge in [0.05, 0.1) is 5.57 Å². The molecule has 1 aliphatic rings. The van der Waals surface area contributed by atoms with Gasteiger partial charge in [0.1, 0.15) is 5.70 Å². The van der Waals surface area contributed by atoms with Crippen molar-refractivity contribution >= 4 is 11.9 Å². The van der Waals surface area contributed by atoms with Gasteiger partial charge in [0.25, 0.3) is 0 Å². The maximum atomic E-state index is 10.6. The highest BCUT2D eigenvalue weighted by molar-refractivity contribution is 5.99. The number of hydrogen-bond acceptors (Lipinski definition) is 3. The number of nitrogens with one attached hydrogen (secondary N) is 1. The van der Waals surface area contributed by atoms with Crippen molar-refractivity contribution in [2.24, 2.45) is 0 Å². The number of hydrogen-bond donors (Lipinski definition) is 3. The normalized spacial score (nSPS) is 16.2. The predicted molar refractivity (Wildman–Crippen MR) is 43.8 cm³/mol. The zero-order valence-electron chi connectivity index (χ0n) is 7.00. The first kappa shape index (κ1) is 9.31. The largest absolute Gasteiger partial charge is 0.478 e. The number of carbonyl (C=O) groups is 2. The minimum atomic E-state index is -1.25. The highest BCUT2D eigenvalue weighted by atomic mass is 16.4. The summed E-state index contributed by atoms with van der Waals surface area (Å²) >= 11 is 0. The van der Waals surface area contributed by atoms with Crippen LogP contribution in [-0.2, 0) is 9.59 Å². The van der Waals surface area contributed by atoms with Gasteiger partial charge in [-0.3, -0.25) is 0 Å². The van der Waals surface area contributed by atoms with Gasteiger partial charge in [0, 0.05) is 12.6 Å². The molecule has 3 N–H and O–H groups in total. The SMILES string of the molecule is CC1=CNC(C(=O)O)=C(C(=O)O)C1. The quantitative estimate of drug-likeness (QED) is 0.573. The summed E-state index contributed by atoms with van der Waals surface area (Å²) < 4.78 is 0. The summed E-state index contributed by atoms with van der Waals surface area (Å²) in [4.78, 5) is 21.2. The number of aliphatic carboxylic acids is 2. The molecule has 0 unspecified atom stereocenters. The fourth-order valence-corrected chi connectivity index (χ4v) is 1.07. The lowest BCUT2D eigenvalue weighted by molar-refractivity contribution is -0.136. The van der Waals surface area contributed by atoms with Gasteiger partial charge in [0.15, 0.2) is 0 Å². The van der Waals surface area contributed by atoms with Crippen molar-refractivity contribution in [2.75, 3.05) is 0 Å². The molecule has 70 valence electrons. The van der Waals surface area contributed by atoms with Crippen LogP contribution >= 0.6 is 0 Å². The van der Waals surface area contributed by atoms with E-state index in [-0.39, 0.29) is 17.7 Å². The second-order valence-corrected chi connectivity index (χ2v) is 2.78. The summed E-state index contributed by atoms with van der Waals surface area (Å²) in [5, 5.41) is 19.8. The molecule has 13 heavy (non-hydrogen) atoms. The van der Waals surface area contributed by atoms with Crippen molar-refractivity contribution in [3.05, 3.63) is 23.0 Å². The van der Waals surface area contributed by atoms with Crippen molar-refractivity contribution in [2.45, 2.75) is 13.3 Å². The van der Waals surface area contributed by atoms with Crippen LogP contribution in [-0.4, -0.2) is 22.2 Å². The lowest BCUT2D eigenvalue weighted by atomic mass is 10.0. The number of carboxylic acid groups (broad SMARTS) is 2. The Morgan fingerprint density at radius 1 is 1.38 bits per heavy atom. The van der Waals surface area contributed by atoms with Crippen LogP contribution in [0.5, 0.6) is 0 Å². The molecule has 0 aromatic rings. The molecule has 5 nitrogen and oxygen atoms in total. The first-order valence-corrected chi connectivity index (χ1v) is 3.64. The molecule has 0 bridgehead atoms. The fourth-order valence-electron chi connectivity index (χ4n) is 1.07. The van der Waals surface area contributed by atoms with E-state index < -0.39 is 11.9 Å². The third kappa shape index (κ3) is 1.87. The van der Waals surface area contributed by atoms with E-state index >= 15 is 0 Å². The molecule has 1 heterocycles. The Morgan fingerprint density at radius 3 is 2.46 bits per heavy atom. The molecule has 1 aliphatic heterocycles. The molecule has 0 fully saturated rings. The number of carboxylic acids is 2. The summed E-state index contributed by atoms with van der Waals surface area (Å²) in [6.07, 6.45) is 1.67. The molecular formula is C8H9NO4. The molecule has 0 radical (unpaired) electrons. The smallest absolute Gasteiger partial charge is 0.352 e. The molecule has 0 aromatic heterocycles. The average molecular weight is 183 g/mol. The van der Waals surface area contributed by atoms with E-state index in [0.717, 1.165) is 5.57 Å². The fraction of sp³-hybridized carbons (Fsp3) is 0.250. The highest BCUT2D eigenvalue weighted by Gasteiger charge is 2.22. The lowest BCUT2D eigenvalue weighted by Crippen LogP contribution is -2.24. The molecule has 0 atom stereocenters. The predicted octanol–water partition coefficient (Wildman–Crippen LogP) is 0.307. The standard InChI is InChI=1S/C8H9NO4/c1-4-2-5(7(10)11)6(8(12)13)9-3-4/h3,9H,2H2,1H3,(H,10,11)(H,12,13). The summed E-state index contributed by atoms with van der Waals surface area (Å²) in [7, 11) is 0. The summed E-state index contributed by atoms with van der Waals surface area (Å²) in [5.41, 5.74) is 0.438. The minimum absolute atomic E-state index is 0.104. The van der Waals surface area contributed by atoms with Gasteiger partial charge in [-0.2, -0.15) is 0 Å².